The van der Waals surface area contributed by atoms with E-state index in [1.807, 2.05) is 13.8 Å². The summed E-state index contributed by atoms with van der Waals surface area (Å²) in [7, 11) is 0. The highest BCUT2D eigenvalue weighted by molar-refractivity contribution is 6.06. The van der Waals surface area contributed by atoms with E-state index in [1.54, 1.807) is 18.2 Å². The highest BCUT2D eigenvalue weighted by atomic mass is 16.2. The molecule has 34 heavy (non-hydrogen) atoms. The molecule has 0 aliphatic carbocycles. The Kier molecular flexibility index (Phi) is 5.97. The number of hydrogen-bond acceptors (Lipinski definition) is 8. The van der Waals surface area contributed by atoms with Crippen LogP contribution in [0.4, 0.5) is 11.5 Å². The Bertz CT molecular complexity index is 1280. The van der Waals surface area contributed by atoms with Gasteiger partial charge in [-0.15, -0.1) is 0 Å². The van der Waals surface area contributed by atoms with E-state index in [0.29, 0.717) is 16.8 Å². The maximum atomic E-state index is 12.8. The predicted molar refractivity (Wildman–Crippen MR) is 122 cm³/mol. The molecule has 1 unspecified atom stereocenters. The van der Waals surface area contributed by atoms with Gasteiger partial charge in [0.1, 0.15) is 11.9 Å². The third-order valence-electron chi connectivity index (χ3n) is 5.52. The minimum atomic E-state index is -0.732. The lowest BCUT2D eigenvalue weighted by Gasteiger charge is -2.29. The molecule has 4 amide bonds. The number of aromatic nitrogens is 2. The van der Waals surface area contributed by atoms with Crippen molar-refractivity contribution < 1.29 is 19.2 Å². The number of imide groups is 1. The van der Waals surface area contributed by atoms with Gasteiger partial charge in [-0.2, -0.15) is 0 Å². The van der Waals surface area contributed by atoms with Gasteiger partial charge in [-0.3, -0.25) is 29.3 Å². The van der Waals surface area contributed by atoms with Gasteiger partial charge < -0.3 is 25.9 Å². The summed E-state index contributed by atoms with van der Waals surface area (Å²) in [5.74, 6) is -1.96. The van der Waals surface area contributed by atoms with Gasteiger partial charge in [-0.1, -0.05) is 0 Å². The number of H-pyrrole nitrogens is 1. The second kappa shape index (κ2) is 8.89. The number of carbonyl (C=O) groups is 4. The summed E-state index contributed by atoms with van der Waals surface area (Å²) in [6.07, 6.45) is 1.28. The van der Waals surface area contributed by atoms with Gasteiger partial charge in [-0.25, -0.2) is 4.98 Å². The molecule has 12 nitrogen and oxygen atoms in total. The van der Waals surface area contributed by atoms with Crippen molar-refractivity contribution in [2.75, 3.05) is 10.6 Å². The second-order valence-corrected chi connectivity index (χ2v) is 8.35. The van der Waals surface area contributed by atoms with Crippen molar-refractivity contribution in [2.24, 2.45) is 0 Å². The minimum absolute atomic E-state index is 0.00911. The van der Waals surface area contributed by atoms with Crippen molar-refractivity contribution >= 4 is 41.3 Å². The van der Waals surface area contributed by atoms with Crippen LogP contribution in [0.25, 0.3) is 0 Å². The summed E-state index contributed by atoms with van der Waals surface area (Å²) in [6.45, 7) is 3.83. The molecule has 2 aliphatic heterocycles. The molecule has 3 heterocycles. The Morgan fingerprint density at radius 3 is 2.71 bits per heavy atom. The first-order valence-electron chi connectivity index (χ1n) is 10.7. The first-order chi connectivity index (χ1) is 16.2. The van der Waals surface area contributed by atoms with Crippen LogP contribution in [0.3, 0.4) is 0 Å². The quantitative estimate of drug-likeness (QED) is 0.306. The number of carbonyl (C=O) groups excluding carboxylic acids is 4. The molecule has 1 atom stereocenters. The number of nitrogens with one attached hydrogen (secondary N) is 5. The lowest BCUT2D eigenvalue weighted by molar-refractivity contribution is -0.136. The molecule has 5 N–H and O–H groups in total. The van der Waals surface area contributed by atoms with E-state index < -0.39 is 23.4 Å². The van der Waals surface area contributed by atoms with Crippen LogP contribution in [-0.4, -0.2) is 56.8 Å². The summed E-state index contributed by atoms with van der Waals surface area (Å²) in [5, 5.41) is 15.3. The molecule has 0 saturated carbocycles. The molecule has 1 saturated heterocycles. The first-order valence-corrected chi connectivity index (χ1v) is 10.7. The van der Waals surface area contributed by atoms with Gasteiger partial charge in [0, 0.05) is 36.5 Å². The predicted octanol–water partition coefficient (Wildman–Crippen LogP) is 0.601. The third kappa shape index (κ3) is 4.29. The van der Waals surface area contributed by atoms with Crippen LogP contribution in [-0.2, 0) is 16.1 Å². The van der Waals surface area contributed by atoms with Gasteiger partial charge in [0.15, 0.2) is 0 Å². The van der Waals surface area contributed by atoms with Crippen LogP contribution >= 0.6 is 0 Å². The highest BCUT2D eigenvalue weighted by Gasteiger charge is 2.39. The number of hydrogen-bond donors (Lipinski definition) is 5. The zero-order valence-corrected chi connectivity index (χ0v) is 18.5. The topological polar surface area (TPSA) is 177 Å². The fraction of sp³-hybridized carbons (Fsp3) is 0.318. The molecule has 12 heteroatoms. The zero-order valence-electron chi connectivity index (χ0n) is 18.5. The number of benzene rings is 1. The van der Waals surface area contributed by atoms with Gasteiger partial charge in [0.05, 0.1) is 5.56 Å². The molecule has 0 radical (unpaired) electrons. The van der Waals surface area contributed by atoms with Gasteiger partial charge >= 0.3 is 0 Å². The monoisotopic (exact) mass is 465 g/mol. The molecule has 2 aliphatic rings. The average molecular weight is 465 g/mol. The number of fused-ring (bicyclic) bond motifs is 1. The van der Waals surface area contributed by atoms with E-state index in [2.05, 4.69) is 25.9 Å². The molecule has 1 aromatic carbocycles. The van der Waals surface area contributed by atoms with E-state index in [4.69, 9.17) is 5.41 Å². The summed E-state index contributed by atoms with van der Waals surface area (Å²) in [5.41, 5.74) is 0.787. The smallest absolute Gasteiger partial charge is 0.291 e. The Hall–Kier alpha value is -4.35. The Morgan fingerprint density at radius 1 is 1.26 bits per heavy atom. The van der Waals surface area contributed by atoms with Crippen LogP contribution in [0, 0.1) is 5.41 Å². The van der Waals surface area contributed by atoms with E-state index in [9.17, 15) is 24.0 Å². The van der Waals surface area contributed by atoms with Crippen molar-refractivity contribution in [1.82, 2.24) is 20.2 Å². The fourth-order valence-corrected chi connectivity index (χ4v) is 3.95. The number of aromatic amines is 1. The number of piperidine rings is 1. The average Bonchev–Trinajstić information content (AvgIpc) is 3.08. The molecular formula is C22H23N7O5. The van der Waals surface area contributed by atoms with Crippen LogP contribution in [0.1, 0.15) is 58.8 Å². The van der Waals surface area contributed by atoms with Crippen molar-refractivity contribution in [3.63, 3.8) is 0 Å². The van der Waals surface area contributed by atoms with E-state index >= 15 is 0 Å². The molecular weight excluding hydrogens is 442 g/mol. The molecule has 1 fully saturated rings. The van der Waals surface area contributed by atoms with Crippen LogP contribution in [0.5, 0.6) is 0 Å². The molecule has 0 spiro atoms. The van der Waals surface area contributed by atoms with Crippen LogP contribution < -0.4 is 21.5 Å². The maximum absolute atomic E-state index is 12.8. The maximum Gasteiger partial charge on any atom is 0.291 e. The lowest BCUT2D eigenvalue weighted by Crippen LogP contribution is -2.52. The van der Waals surface area contributed by atoms with Gasteiger partial charge in [-0.05, 0) is 44.0 Å². The van der Waals surface area contributed by atoms with Crippen molar-refractivity contribution in [1.29, 1.82) is 5.41 Å². The van der Waals surface area contributed by atoms with E-state index in [-0.39, 0.29) is 54.4 Å². The number of anilines is 2. The van der Waals surface area contributed by atoms with Crippen molar-refractivity contribution in [3.05, 3.63) is 51.1 Å². The highest BCUT2D eigenvalue weighted by Crippen LogP contribution is 2.29. The summed E-state index contributed by atoms with van der Waals surface area (Å²) in [4.78, 5) is 69.4. The minimum Gasteiger partial charge on any atom is -0.367 e. The van der Waals surface area contributed by atoms with E-state index in [0.717, 1.165) is 6.21 Å². The number of rotatable bonds is 6. The number of nitrogens with zero attached hydrogens (tertiary/aromatic N) is 2. The van der Waals surface area contributed by atoms with Gasteiger partial charge in [0.2, 0.25) is 17.6 Å². The Morgan fingerprint density at radius 2 is 2.03 bits per heavy atom. The van der Waals surface area contributed by atoms with Crippen molar-refractivity contribution in [3.8, 4) is 0 Å². The van der Waals surface area contributed by atoms with Crippen LogP contribution in [0.15, 0.2) is 23.0 Å². The summed E-state index contributed by atoms with van der Waals surface area (Å²) >= 11 is 0. The lowest BCUT2D eigenvalue weighted by atomic mass is 10.0. The van der Waals surface area contributed by atoms with Crippen molar-refractivity contribution in [2.45, 2.75) is 45.3 Å². The standard InChI is InChI=1S/C22H23N7O5/c1-10(2)24-17-14(8-23)19(31)28-18(27-17)21(33)25-12-3-4-13-11(7-12)9-29(22(13)34)15-5-6-16(30)26-20(15)32/h3-4,7-8,10,15,23H,5-6,9H2,1-2H3,(H,25,33)(H,26,30,32)(H2,24,27,28,31). The molecule has 0 bridgehead atoms. The molecule has 2 aromatic rings. The Balaban J connectivity index is 1.54. The van der Waals surface area contributed by atoms with Gasteiger partial charge in [0.25, 0.3) is 17.4 Å². The zero-order chi connectivity index (χ0) is 24.6. The summed E-state index contributed by atoms with van der Waals surface area (Å²) < 4.78 is 0. The first kappa shape index (κ1) is 22.8. The normalized spacial score (nSPS) is 17.4. The summed E-state index contributed by atoms with van der Waals surface area (Å²) in [6, 6.07) is 3.91. The molecule has 4 rings (SSSR count). The molecule has 176 valence electrons. The third-order valence-corrected chi connectivity index (χ3v) is 5.52. The largest absolute Gasteiger partial charge is 0.367 e. The number of amides is 4. The fourth-order valence-electron chi connectivity index (χ4n) is 3.95. The van der Waals surface area contributed by atoms with Crippen LogP contribution in [0.2, 0.25) is 0 Å². The second-order valence-electron chi connectivity index (χ2n) is 8.35. The Labute approximate surface area is 193 Å². The van der Waals surface area contributed by atoms with E-state index in [1.165, 1.54) is 4.90 Å². The molecule has 1 aromatic heterocycles. The SMILES string of the molecule is CC(C)Nc1nc(C(=O)Nc2ccc3c(c2)CN(C2CCC(=O)NC2=O)C3=O)[nH]c(=O)c1C=N.